The molecule has 0 radical (unpaired) electrons. The van der Waals surface area contributed by atoms with Gasteiger partial charge < -0.3 is 25.4 Å². The van der Waals surface area contributed by atoms with Gasteiger partial charge in [-0.25, -0.2) is 4.79 Å². The number of aliphatic hydroxyl groups excluding tert-OH is 3. The monoisotopic (exact) mass is 244 g/mol. The smallest absolute Gasteiger partial charge is 0.320 e. The van der Waals surface area contributed by atoms with Crippen molar-refractivity contribution in [2.24, 2.45) is 0 Å². The zero-order valence-electron chi connectivity index (χ0n) is 9.19. The highest BCUT2D eigenvalue weighted by Crippen LogP contribution is 2.24. The third-order valence-electron chi connectivity index (χ3n) is 2.93. The Hall–Kier alpha value is -1.15. The Morgan fingerprint density at radius 2 is 2.18 bits per heavy atom. The van der Waals surface area contributed by atoms with Crippen molar-refractivity contribution in [3.05, 3.63) is 12.2 Å². The van der Waals surface area contributed by atoms with Gasteiger partial charge in [0.1, 0.15) is 18.3 Å². The molecule has 0 aromatic heterocycles. The number of carbonyl (C=O) groups excluding carboxylic acids is 1. The first-order chi connectivity index (χ1) is 8.15. The minimum atomic E-state index is -1.22. The molecular weight excluding hydrogens is 228 g/mol. The van der Waals surface area contributed by atoms with Crippen molar-refractivity contribution in [1.82, 2.24) is 10.2 Å². The third-order valence-corrected chi connectivity index (χ3v) is 2.93. The Balaban J connectivity index is 2.11. The minimum absolute atomic E-state index is 0.290. The fraction of sp³-hybridized carbons (Fsp3) is 0.700. The van der Waals surface area contributed by atoms with Gasteiger partial charge in [0.25, 0.3) is 0 Å². The molecule has 0 bridgehead atoms. The zero-order valence-corrected chi connectivity index (χ0v) is 9.19. The number of rotatable bonds is 2. The van der Waals surface area contributed by atoms with Crippen molar-refractivity contribution in [2.75, 3.05) is 19.7 Å². The second kappa shape index (κ2) is 5.01. The summed E-state index contributed by atoms with van der Waals surface area (Å²) in [6.07, 6.45) is -0.652. The van der Waals surface area contributed by atoms with E-state index in [0.29, 0.717) is 13.1 Å². The summed E-state index contributed by atoms with van der Waals surface area (Å²) in [5.41, 5.74) is 0. The number of aliphatic hydroxyl groups is 3. The molecule has 0 aliphatic carbocycles. The number of carbonyl (C=O) groups is 1. The van der Waals surface area contributed by atoms with E-state index in [0.717, 1.165) is 0 Å². The summed E-state index contributed by atoms with van der Waals surface area (Å²) in [7, 11) is 0. The van der Waals surface area contributed by atoms with Crippen LogP contribution in [0.3, 0.4) is 0 Å². The van der Waals surface area contributed by atoms with Crippen LogP contribution in [0, 0.1) is 0 Å². The van der Waals surface area contributed by atoms with E-state index >= 15 is 0 Å². The van der Waals surface area contributed by atoms with Gasteiger partial charge in [-0.05, 0) is 0 Å². The van der Waals surface area contributed by atoms with E-state index in [4.69, 9.17) is 9.84 Å². The van der Waals surface area contributed by atoms with Crippen LogP contribution in [0.4, 0.5) is 4.79 Å². The Kier molecular flexibility index (Phi) is 3.63. The first-order valence-corrected chi connectivity index (χ1v) is 5.47. The largest absolute Gasteiger partial charge is 0.394 e. The number of nitrogens with zero attached hydrogens (tertiary/aromatic N) is 1. The fourth-order valence-corrected chi connectivity index (χ4v) is 1.96. The van der Waals surface area contributed by atoms with E-state index in [-0.39, 0.29) is 6.03 Å². The van der Waals surface area contributed by atoms with E-state index < -0.39 is 31.1 Å². The molecule has 2 rings (SSSR count). The topological polar surface area (TPSA) is 102 Å². The molecule has 1 unspecified atom stereocenters. The quantitative estimate of drug-likeness (QED) is 0.421. The van der Waals surface area contributed by atoms with Crippen LogP contribution in [0.5, 0.6) is 0 Å². The first-order valence-electron chi connectivity index (χ1n) is 5.47. The van der Waals surface area contributed by atoms with E-state index in [1.54, 1.807) is 12.2 Å². The molecule has 1 saturated heterocycles. The van der Waals surface area contributed by atoms with Crippen molar-refractivity contribution in [2.45, 2.75) is 24.5 Å². The lowest BCUT2D eigenvalue weighted by Crippen LogP contribution is -2.50. The van der Waals surface area contributed by atoms with Crippen LogP contribution in [0.2, 0.25) is 0 Å². The highest BCUT2D eigenvalue weighted by molar-refractivity contribution is 5.75. The number of urea groups is 1. The van der Waals surface area contributed by atoms with Gasteiger partial charge in [-0.2, -0.15) is 0 Å². The second-order valence-corrected chi connectivity index (χ2v) is 4.04. The fourth-order valence-electron chi connectivity index (χ4n) is 1.96. The summed E-state index contributed by atoms with van der Waals surface area (Å²) in [6, 6.07) is -0.371. The van der Waals surface area contributed by atoms with Gasteiger partial charge in [0.2, 0.25) is 0 Å². The number of amides is 2. The highest BCUT2D eigenvalue weighted by Gasteiger charge is 2.46. The van der Waals surface area contributed by atoms with Crippen molar-refractivity contribution in [1.29, 1.82) is 0 Å². The van der Waals surface area contributed by atoms with Crippen LogP contribution < -0.4 is 5.32 Å². The Morgan fingerprint density at radius 3 is 2.82 bits per heavy atom. The average Bonchev–Trinajstić information content (AvgIpc) is 2.51. The summed E-state index contributed by atoms with van der Waals surface area (Å²) >= 11 is 0. The molecule has 2 aliphatic rings. The molecule has 4 N–H and O–H groups in total. The first kappa shape index (κ1) is 12.3. The SMILES string of the molecule is O=C1NCC=CCN1[C@@H]1OC(CO)[C@@H](O)[C@H]1O. The third kappa shape index (κ3) is 2.27. The molecule has 0 aromatic rings. The molecule has 2 aliphatic heterocycles. The van der Waals surface area contributed by atoms with Crippen LogP contribution in [0.1, 0.15) is 0 Å². The van der Waals surface area contributed by atoms with Gasteiger partial charge in [0.05, 0.1) is 6.61 Å². The molecule has 0 saturated carbocycles. The molecule has 0 aromatic carbocycles. The minimum Gasteiger partial charge on any atom is -0.394 e. The average molecular weight is 244 g/mol. The van der Waals surface area contributed by atoms with Gasteiger partial charge in [-0.1, -0.05) is 12.2 Å². The van der Waals surface area contributed by atoms with E-state index in [2.05, 4.69) is 5.32 Å². The maximum Gasteiger partial charge on any atom is 0.320 e. The number of hydrogen-bond donors (Lipinski definition) is 4. The normalized spacial score (nSPS) is 38.1. The van der Waals surface area contributed by atoms with E-state index in [1.165, 1.54) is 4.90 Å². The summed E-state index contributed by atoms with van der Waals surface area (Å²) in [5, 5.41) is 31.0. The van der Waals surface area contributed by atoms with Crippen molar-refractivity contribution >= 4 is 6.03 Å². The summed E-state index contributed by atoms with van der Waals surface area (Å²) in [5.74, 6) is 0. The predicted molar refractivity (Wildman–Crippen MR) is 57.0 cm³/mol. The number of nitrogens with one attached hydrogen (secondary N) is 1. The molecule has 96 valence electrons. The standard InChI is InChI=1S/C10H16N2O5/c13-5-6-7(14)8(15)9(17-6)12-4-2-1-3-11-10(12)16/h1-2,6-9,13-15H,3-5H2,(H,11,16)/t6?,7-,8-,9-/m1/s1. The van der Waals surface area contributed by atoms with E-state index in [1.807, 2.05) is 0 Å². The van der Waals surface area contributed by atoms with Gasteiger partial charge in [0.15, 0.2) is 6.23 Å². The molecule has 7 nitrogen and oxygen atoms in total. The van der Waals surface area contributed by atoms with Crippen molar-refractivity contribution in [3.63, 3.8) is 0 Å². The van der Waals surface area contributed by atoms with Crippen LogP contribution in [0.25, 0.3) is 0 Å². The molecule has 4 atom stereocenters. The van der Waals surface area contributed by atoms with Gasteiger partial charge in [-0.15, -0.1) is 0 Å². The van der Waals surface area contributed by atoms with Crippen LogP contribution in [-0.4, -0.2) is 70.5 Å². The van der Waals surface area contributed by atoms with Crippen molar-refractivity contribution < 1.29 is 24.9 Å². The summed E-state index contributed by atoms with van der Waals surface area (Å²) in [4.78, 5) is 13.0. The lowest BCUT2D eigenvalue weighted by molar-refractivity contribution is -0.0755. The molecule has 2 heterocycles. The molecular formula is C10H16N2O5. The predicted octanol–water partition coefficient (Wildman–Crippen LogP) is -1.99. The Bertz CT molecular complexity index is 322. The summed E-state index contributed by atoms with van der Waals surface area (Å²) in [6.45, 7) is 0.308. The number of ether oxygens (including phenoxy) is 1. The highest BCUT2D eigenvalue weighted by atomic mass is 16.6. The molecule has 0 spiro atoms. The molecule has 17 heavy (non-hydrogen) atoms. The maximum absolute atomic E-state index is 11.7. The second-order valence-electron chi connectivity index (χ2n) is 4.04. The lowest BCUT2D eigenvalue weighted by atomic mass is 10.1. The summed E-state index contributed by atoms with van der Waals surface area (Å²) < 4.78 is 5.28. The van der Waals surface area contributed by atoms with E-state index in [9.17, 15) is 15.0 Å². The van der Waals surface area contributed by atoms with Crippen molar-refractivity contribution in [3.8, 4) is 0 Å². The number of hydrogen-bond acceptors (Lipinski definition) is 5. The van der Waals surface area contributed by atoms with Gasteiger partial charge >= 0.3 is 6.03 Å². The van der Waals surface area contributed by atoms with Gasteiger partial charge in [0, 0.05) is 13.1 Å². The van der Waals surface area contributed by atoms with Crippen LogP contribution >= 0.6 is 0 Å². The Morgan fingerprint density at radius 1 is 1.41 bits per heavy atom. The van der Waals surface area contributed by atoms with Crippen LogP contribution in [-0.2, 0) is 4.74 Å². The molecule has 2 amide bonds. The molecule has 7 heteroatoms. The molecule has 1 fully saturated rings. The van der Waals surface area contributed by atoms with Gasteiger partial charge in [-0.3, -0.25) is 4.90 Å². The maximum atomic E-state index is 11.7. The lowest BCUT2D eigenvalue weighted by Gasteiger charge is -2.28. The zero-order chi connectivity index (χ0) is 12.4. The Labute approximate surface area is 98.3 Å². The van der Waals surface area contributed by atoms with Crippen LogP contribution in [0.15, 0.2) is 12.2 Å².